The Balaban J connectivity index is 2.39. The molecule has 1 N–H and O–H groups in total. The smallest absolute Gasteiger partial charge is 0.244 e. The number of carbonyl (C=O) groups excluding carboxylic acids is 2. The lowest BCUT2D eigenvalue weighted by molar-refractivity contribution is -0.140. The van der Waals surface area contributed by atoms with Gasteiger partial charge < -0.3 is 15.0 Å². The van der Waals surface area contributed by atoms with Crippen LogP contribution in [0.1, 0.15) is 46.1 Å². The maximum atomic E-state index is 13.6. The van der Waals surface area contributed by atoms with E-state index < -0.39 is 28.5 Å². The normalized spacial score (nSPS) is 12.9. The summed E-state index contributed by atoms with van der Waals surface area (Å²) in [6.45, 7) is 7.83. The Morgan fingerprint density at radius 1 is 0.971 bits per heavy atom. The van der Waals surface area contributed by atoms with E-state index in [0.717, 1.165) is 22.5 Å². The summed E-state index contributed by atoms with van der Waals surface area (Å²) in [4.78, 5) is 28.2. The lowest BCUT2D eigenvalue weighted by Gasteiger charge is -2.33. The molecule has 0 aliphatic carbocycles. The molecule has 9 heteroatoms. The van der Waals surface area contributed by atoms with Crippen LogP contribution in [0.5, 0.6) is 5.75 Å². The van der Waals surface area contributed by atoms with E-state index in [4.69, 9.17) is 4.74 Å². The SMILES string of the molecule is CCOc1ccc(N(CC(=O)N(Cc2ccccc2)[C@@H](CC)C(=O)N[C@@H](C)CC)S(C)(=O)=O)cc1. The fourth-order valence-corrected chi connectivity index (χ4v) is 4.48. The molecule has 0 heterocycles. The van der Waals surface area contributed by atoms with Crippen LogP contribution >= 0.6 is 0 Å². The minimum absolute atomic E-state index is 0.0402. The molecule has 0 saturated carbocycles. The summed E-state index contributed by atoms with van der Waals surface area (Å²) in [6, 6.07) is 15.1. The first-order chi connectivity index (χ1) is 16.6. The van der Waals surface area contributed by atoms with Gasteiger partial charge in [0.25, 0.3) is 0 Å². The molecule has 0 unspecified atom stereocenters. The molecule has 2 aromatic rings. The summed E-state index contributed by atoms with van der Waals surface area (Å²) in [5.41, 5.74) is 1.20. The molecule has 2 amide bonds. The largest absolute Gasteiger partial charge is 0.494 e. The van der Waals surface area contributed by atoms with Crippen molar-refractivity contribution in [3.63, 3.8) is 0 Å². The fourth-order valence-electron chi connectivity index (χ4n) is 3.63. The van der Waals surface area contributed by atoms with E-state index in [2.05, 4.69) is 5.32 Å². The number of benzene rings is 2. The Labute approximate surface area is 209 Å². The van der Waals surface area contributed by atoms with Gasteiger partial charge in [-0.2, -0.15) is 0 Å². The van der Waals surface area contributed by atoms with Gasteiger partial charge in [0.15, 0.2) is 0 Å². The molecule has 192 valence electrons. The summed E-state index contributed by atoms with van der Waals surface area (Å²) in [6.07, 6.45) is 2.21. The molecule has 0 fully saturated rings. The molecule has 2 atom stereocenters. The van der Waals surface area contributed by atoms with Crippen molar-refractivity contribution >= 4 is 27.5 Å². The van der Waals surface area contributed by atoms with Gasteiger partial charge in [0.05, 0.1) is 18.6 Å². The highest BCUT2D eigenvalue weighted by molar-refractivity contribution is 7.92. The fraction of sp³-hybridized carbons (Fsp3) is 0.462. The van der Waals surface area contributed by atoms with Gasteiger partial charge >= 0.3 is 0 Å². The van der Waals surface area contributed by atoms with Gasteiger partial charge in [-0.05, 0) is 56.5 Å². The molecule has 0 bridgehead atoms. The summed E-state index contributed by atoms with van der Waals surface area (Å²) < 4.78 is 31.8. The van der Waals surface area contributed by atoms with Crippen LogP contribution in [0.2, 0.25) is 0 Å². The number of ether oxygens (including phenoxy) is 1. The number of amides is 2. The molecule has 2 rings (SSSR count). The van der Waals surface area contributed by atoms with E-state index in [1.165, 1.54) is 4.90 Å². The van der Waals surface area contributed by atoms with Gasteiger partial charge in [-0.1, -0.05) is 44.2 Å². The van der Waals surface area contributed by atoms with E-state index >= 15 is 0 Å². The lowest BCUT2D eigenvalue weighted by atomic mass is 10.1. The highest BCUT2D eigenvalue weighted by Gasteiger charge is 2.32. The monoisotopic (exact) mass is 503 g/mol. The Morgan fingerprint density at radius 3 is 2.11 bits per heavy atom. The predicted octanol–water partition coefficient (Wildman–Crippen LogP) is 3.57. The third kappa shape index (κ3) is 8.28. The number of sulfonamides is 1. The minimum atomic E-state index is -3.78. The maximum absolute atomic E-state index is 13.6. The zero-order valence-corrected chi connectivity index (χ0v) is 22.0. The van der Waals surface area contributed by atoms with Crippen molar-refractivity contribution in [1.29, 1.82) is 0 Å². The van der Waals surface area contributed by atoms with Crippen molar-refractivity contribution in [2.45, 2.75) is 59.2 Å². The average Bonchev–Trinajstić information content (AvgIpc) is 2.83. The summed E-state index contributed by atoms with van der Waals surface area (Å²) in [7, 11) is -3.78. The third-order valence-electron chi connectivity index (χ3n) is 5.70. The number of rotatable bonds is 13. The van der Waals surface area contributed by atoms with Crippen LogP contribution in [-0.2, 0) is 26.2 Å². The van der Waals surface area contributed by atoms with E-state index in [0.29, 0.717) is 24.5 Å². The van der Waals surface area contributed by atoms with E-state index in [1.54, 1.807) is 24.3 Å². The highest BCUT2D eigenvalue weighted by Crippen LogP contribution is 2.23. The molecule has 0 aromatic heterocycles. The van der Waals surface area contributed by atoms with Gasteiger partial charge in [0, 0.05) is 12.6 Å². The van der Waals surface area contributed by atoms with E-state index in [1.807, 2.05) is 58.0 Å². The molecule has 0 spiro atoms. The first-order valence-electron chi connectivity index (χ1n) is 11.9. The second-order valence-corrected chi connectivity index (χ2v) is 10.4. The Kier molecular flexibility index (Phi) is 10.6. The van der Waals surface area contributed by atoms with Crippen molar-refractivity contribution in [2.24, 2.45) is 0 Å². The molecule has 0 saturated heterocycles. The molecule has 0 aliphatic rings. The van der Waals surface area contributed by atoms with Crippen LogP contribution in [0.3, 0.4) is 0 Å². The molecule has 35 heavy (non-hydrogen) atoms. The summed E-state index contributed by atoms with van der Waals surface area (Å²) >= 11 is 0. The standard InChI is InChI=1S/C26H37N3O5S/c1-6-20(4)27-26(31)24(7-2)28(18-21-12-10-9-11-13-21)25(30)19-29(35(5,32)33)22-14-16-23(17-15-22)34-8-3/h9-17,20,24H,6-8,18-19H2,1-5H3,(H,27,31)/t20-,24-/m0/s1. The minimum Gasteiger partial charge on any atom is -0.494 e. The Bertz CT molecular complexity index is 1060. The van der Waals surface area contributed by atoms with Crippen molar-refractivity contribution in [3.05, 3.63) is 60.2 Å². The zero-order chi connectivity index (χ0) is 26.0. The average molecular weight is 504 g/mol. The van der Waals surface area contributed by atoms with Crippen LogP contribution < -0.4 is 14.4 Å². The summed E-state index contributed by atoms with van der Waals surface area (Å²) in [5.74, 6) is -0.105. The van der Waals surface area contributed by atoms with Gasteiger partial charge in [0.2, 0.25) is 21.8 Å². The second kappa shape index (κ2) is 13.1. The third-order valence-corrected chi connectivity index (χ3v) is 6.84. The number of hydrogen-bond acceptors (Lipinski definition) is 5. The molecular formula is C26H37N3O5S. The van der Waals surface area contributed by atoms with Gasteiger partial charge in [-0.3, -0.25) is 13.9 Å². The summed E-state index contributed by atoms with van der Waals surface area (Å²) in [5, 5.41) is 2.96. The van der Waals surface area contributed by atoms with Gasteiger partial charge in [-0.25, -0.2) is 8.42 Å². The first kappa shape index (κ1) is 28.2. The van der Waals surface area contributed by atoms with Crippen LogP contribution in [0.4, 0.5) is 5.69 Å². The van der Waals surface area contributed by atoms with Crippen molar-refractivity contribution in [2.75, 3.05) is 23.7 Å². The number of hydrogen-bond donors (Lipinski definition) is 1. The first-order valence-corrected chi connectivity index (χ1v) is 13.8. The van der Waals surface area contributed by atoms with Crippen molar-refractivity contribution in [3.8, 4) is 5.75 Å². The molecule has 0 aliphatic heterocycles. The molecule has 0 radical (unpaired) electrons. The van der Waals surface area contributed by atoms with E-state index in [-0.39, 0.29) is 18.5 Å². The maximum Gasteiger partial charge on any atom is 0.244 e. The van der Waals surface area contributed by atoms with E-state index in [9.17, 15) is 18.0 Å². The van der Waals surface area contributed by atoms with Crippen molar-refractivity contribution in [1.82, 2.24) is 10.2 Å². The van der Waals surface area contributed by atoms with Gasteiger partial charge in [0.1, 0.15) is 18.3 Å². The number of anilines is 1. The molecule has 8 nitrogen and oxygen atoms in total. The second-order valence-electron chi connectivity index (χ2n) is 8.45. The van der Waals surface area contributed by atoms with Crippen molar-refractivity contribution < 1.29 is 22.7 Å². The van der Waals surface area contributed by atoms with Crippen LogP contribution in [0.15, 0.2) is 54.6 Å². The zero-order valence-electron chi connectivity index (χ0n) is 21.2. The van der Waals surface area contributed by atoms with Crippen LogP contribution in [-0.4, -0.2) is 56.6 Å². The highest BCUT2D eigenvalue weighted by atomic mass is 32.2. The quantitative estimate of drug-likeness (QED) is 0.451. The van der Waals surface area contributed by atoms with Crippen LogP contribution in [0, 0.1) is 0 Å². The molecule has 2 aromatic carbocycles. The number of nitrogens with zero attached hydrogens (tertiary/aromatic N) is 2. The number of nitrogens with one attached hydrogen (secondary N) is 1. The number of carbonyl (C=O) groups is 2. The Hall–Kier alpha value is -3.07. The topological polar surface area (TPSA) is 96.0 Å². The van der Waals surface area contributed by atoms with Gasteiger partial charge in [-0.15, -0.1) is 0 Å². The molecular weight excluding hydrogens is 466 g/mol. The Morgan fingerprint density at radius 2 is 1.60 bits per heavy atom. The predicted molar refractivity (Wildman–Crippen MR) is 139 cm³/mol. The lowest BCUT2D eigenvalue weighted by Crippen LogP contribution is -2.53. The van der Waals surface area contributed by atoms with Crippen LogP contribution in [0.25, 0.3) is 0 Å².